The summed E-state index contributed by atoms with van der Waals surface area (Å²) in [6.07, 6.45) is 6.26. The molecule has 0 N–H and O–H groups in total. The van der Waals surface area contributed by atoms with Crippen molar-refractivity contribution in [2.75, 3.05) is 9.80 Å². The topological polar surface area (TPSA) is 74.8 Å². The predicted molar refractivity (Wildman–Crippen MR) is 107 cm³/mol. The van der Waals surface area contributed by atoms with Gasteiger partial charge in [-0.15, -0.1) is 0 Å². The average Bonchev–Trinajstić information content (AvgIpc) is 3.56. The van der Waals surface area contributed by atoms with Crippen LogP contribution in [0, 0.1) is 47.3 Å². The van der Waals surface area contributed by atoms with Crippen molar-refractivity contribution in [3.8, 4) is 0 Å². The average molecular weight is 404 g/mol. The molecular formula is C24H24N2O4. The molecule has 6 aliphatic rings. The van der Waals surface area contributed by atoms with Crippen molar-refractivity contribution < 1.29 is 19.2 Å². The third kappa shape index (κ3) is 1.91. The highest BCUT2D eigenvalue weighted by molar-refractivity contribution is 6.24. The van der Waals surface area contributed by atoms with E-state index in [9.17, 15) is 19.2 Å². The van der Waals surface area contributed by atoms with E-state index in [1.54, 1.807) is 24.3 Å². The first-order valence-corrected chi connectivity index (χ1v) is 11.4. The molecule has 2 aliphatic heterocycles. The van der Waals surface area contributed by atoms with Gasteiger partial charge in [0.25, 0.3) is 0 Å². The van der Waals surface area contributed by atoms with Crippen LogP contribution in [0.5, 0.6) is 0 Å². The van der Waals surface area contributed by atoms with Crippen molar-refractivity contribution in [3.63, 3.8) is 0 Å². The Labute approximate surface area is 174 Å². The lowest BCUT2D eigenvalue weighted by Gasteiger charge is -2.20. The lowest BCUT2D eigenvalue weighted by atomic mass is 9.81. The summed E-state index contributed by atoms with van der Waals surface area (Å²) in [5, 5.41) is 0. The van der Waals surface area contributed by atoms with Crippen LogP contribution in [0.2, 0.25) is 0 Å². The summed E-state index contributed by atoms with van der Waals surface area (Å²) in [6.45, 7) is 0. The van der Waals surface area contributed by atoms with Crippen LogP contribution in [0.3, 0.4) is 0 Å². The molecule has 1 aromatic rings. The predicted octanol–water partition coefficient (Wildman–Crippen LogP) is 2.76. The number of carbonyl (C=O) groups is 4. The largest absolute Gasteiger partial charge is 0.274 e. The fourth-order valence-electron chi connectivity index (χ4n) is 8.08. The molecule has 2 saturated heterocycles. The van der Waals surface area contributed by atoms with E-state index in [2.05, 4.69) is 0 Å². The van der Waals surface area contributed by atoms with Crippen LogP contribution in [-0.2, 0) is 19.2 Å². The molecule has 6 fully saturated rings. The van der Waals surface area contributed by atoms with E-state index in [-0.39, 0.29) is 47.3 Å². The molecule has 154 valence electrons. The van der Waals surface area contributed by atoms with Crippen molar-refractivity contribution in [1.29, 1.82) is 0 Å². The van der Waals surface area contributed by atoms with Crippen LogP contribution in [0.4, 0.5) is 11.4 Å². The minimum Gasteiger partial charge on any atom is -0.274 e. The maximum absolute atomic E-state index is 13.0. The van der Waals surface area contributed by atoms with E-state index >= 15 is 0 Å². The lowest BCUT2D eigenvalue weighted by molar-refractivity contribution is -0.124. The number of amides is 4. The van der Waals surface area contributed by atoms with Crippen LogP contribution >= 0.6 is 0 Å². The van der Waals surface area contributed by atoms with Crippen LogP contribution < -0.4 is 9.80 Å². The third-order valence-corrected chi connectivity index (χ3v) is 9.22. The molecule has 4 aliphatic carbocycles. The van der Waals surface area contributed by atoms with E-state index in [4.69, 9.17) is 0 Å². The van der Waals surface area contributed by atoms with Crippen LogP contribution in [0.25, 0.3) is 0 Å². The molecular weight excluding hydrogens is 380 g/mol. The Morgan fingerprint density at radius 2 is 0.767 bits per heavy atom. The summed E-state index contributed by atoms with van der Waals surface area (Å²) in [6, 6.07) is 6.88. The first kappa shape index (κ1) is 17.2. The molecule has 0 aromatic heterocycles. The molecule has 8 atom stereocenters. The number of anilines is 2. The summed E-state index contributed by atoms with van der Waals surface area (Å²) in [7, 11) is 0. The maximum Gasteiger partial charge on any atom is 0.237 e. The Morgan fingerprint density at radius 1 is 0.500 bits per heavy atom. The van der Waals surface area contributed by atoms with Gasteiger partial charge in [0, 0.05) is 0 Å². The number of hydrogen-bond donors (Lipinski definition) is 0. The molecule has 4 amide bonds. The highest BCUT2D eigenvalue weighted by atomic mass is 16.2. The molecule has 7 rings (SSSR count). The van der Waals surface area contributed by atoms with Gasteiger partial charge in [0.2, 0.25) is 23.6 Å². The Hall–Kier alpha value is -2.50. The molecule has 1 aromatic carbocycles. The second kappa shape index (κ2) is 5.59. The van der Waals surface area contributed by atoms with Gasteiger partial charge in [-0.2, -0.15) is 0 Å². The molecule has 30 heavy (non-hydrogen) atoms. The monoisotopic (exact) mass is 404 g/mol. The lowest BCUT2D eigenvalue weighted by Crippen LogP contribution is -2.34. The van der Waals surface area contributed by atoms with E-state index in [0.29, 0.717) is 35.0 Å². The Kier molecular flexibility index (Phi) is 3.21. The zero-order valence-electron chi connectivity index (χ0n) is 16.7. The minimum absolute atomic E-state index is 0.0654. The molecule has 2 heterocycles. The van der Waals surface area contributed by atoms with Gasteiger partial charge in [0.05, 0.1) is 35.0 Å². The van der Waals surface area contributed by atoms with Crippen LogP contribution in [-0.4, -0.2) is 23.6 Å². The summed E-state index contributed by atoms with van der Waals surface area (Å²) < 4.78 is 0. The number of nitrogens with zero attached hydrogens (tertiary/aromatic N) is 2. The normalized spacial score (nSPS) is 43.3. The SMILES string of the molecule is O=C1[C@@H]2[C@H]3CC[C@@H](C3)[C@@H]2C(=O)N1c1ccc(N2C(=O)[C@H]3[C@H]4CC[C@@H](C4)[C@@H]3C2=O)cc1. The van der Waals surface area contributed by atoms with Crippen molar-refractivity contribution in [1.82, 2.24) is 0 Å². The first-order chi connectivity index (χ1) is 14.5. The molecule has 6 heteroatoms. The highest BCUT2D eigenvalue weighted by Gasteiger charge is 2.62. The van der Waals surface area contributed by atoms with Gasteiger partial charge in [-0.3, -0.25) is 29.0 Å². The standard InChI is InChI=1S/C24H24N2O4/c27-21-17-11-1-2-12(9-11)18(17)22(28)25(21)15-5-7-16(8-6-15)26-23(29)19-13-3-4-14(10-13)20(19)24(26)30/h5-8,11-14,17-20H,1-4,9-10H2/t11-,12-,13-,14-,17-,18-,19-,20+/m0/s1. The maximum atomic E-state index is 13.0. The van der Waals surface area contributed by atoms with Crippen LogP contribution in [0.15, 0.2) is 24.3 Å². The molecule has 0 spiro atoms. The van der Waals surface area contributed by atoms with Gasteiger partial charge in [0.1, 0.15) is 0 Å². The summed E-state index contributed by atoms with van der Waals surface area (Å²) in [4.78, 5) is 54.8. The Morgan fingerprint density at radius 3 is 1.03 bits per heavy atom. The second-order valence-corrected chi connectivity index (χ2v) is 10.3. The van der Waals surface area contributed by atoms with Crippen molar-refractivity contribution >= 4 is 35.0 Å². The number of fused-ring (bicyclic) bond motifs is 10. The second-order valence-electron chi connectivity index (χ2n) is 10.3. The number of imide groups is 2. The van der Waals surface area contributed by atoms with Crippen LogP contribution in [0.1, 0.15) is 38.5 Å². The van der Waals surface area contributed by atoms with Gasteiger partial charge in [-0.1, -0.05) is 0 Å². The van der Waals surface area contributed by atoms with E-state index < -0.39 is 0 Å². The summed E-state index contributed by atoms with van der Waals surface area (Å²) in [5.74, 6) is 0.582. The number of benzene rings is 1. The van der Waals surface area contributed by atoms with Gasteiger partial charge in [-0.25, -0.2) is 0 Å². The smallest absolute Gasteiger partial charge is 0.237 e. The molecule has 6 nitrogen and oxygen atoms in total. The fourth-order valence-corrected chi connectivity index (χ4v) is 8.08. The quantitative estimate of drug-likeness (QED) is 0.711. The van der Waals surface area contributed by atoms with Gasteiger partial charge >= 0.3 is 0 Å². The number of carbonyl (C=O) groups excluding carboxylic acids is 4. The molecule has 4 bridgehead atoms. The van der Waals surface area contributed by atoms with Gasteiger partial charge in [-0.05, 0) is 86.5 Å². The van der Waals surface area contributed by atoms with Gasteiger partial charge in [0.15, 0.2) is 0 Å². The fraction of sp³-hybridized carbons (Fsp3) is 0.583. The number of hydrogen-bond acceptors (Lipinski definition) is 4. The Balaban J connectivity index is 1.18. The highest BCUT2D eigenvalue weighted by Crippen LogP contribution is 2.58. The summed E-state index contributed by atoms with van der Waals surface area (Å²) in [5.41, 5.74) is 1.11. The third-order valence-electron chi connectivity index (χ3n) is 9.22. The van der Waals surface area contributed by atoms with Crippen molar-refractivity contribution in [2.45, 2.75) is 38.5 Å². The van der Waals surface area contributed by atoms with E-state index in [0.717, 1.165) is 38.5 Å². The molecule has 0 radical (unpaired) electrons. The zero-order valence-corrected chi connectivity index (χ0v) is 16.7. The van der Waals surface area contributed by atoms with E-state index in [1.165, 1.54) is 9.80 Å². The Bertz CT molecular complexity index is 880. The zero-order chi connectivity index (χ0) is 20.3. The van der Waals surface area contributed by atoms with Crippen molar-refractivity contribution in [2.24, 2.45) is 47.3 Å². The first-order valence-electron chi connectivity index (χ1n) is 11.4. The van der Waals surface area contributed by atoms with Gasteiger partial charge < -0.3 is 0 Å². The number of rotatable bonds is 2. The molecule has 4 saturated carbocycles. The minimum atomic E-state index is -0.146. The van der Waals surface area contributed by atoms with E-state index in [1.807, 2.05) is 0 Å². The summed E-state index contributed by atoms with van der Waals surface area (Å²) >= 11 is 0. The molecule has 0 unspecified atom stereocenters. The van der Waals surface area contributed by atoms with Crippen molar-refractivity contribution in [3.05, 3.63) is 24.3 Å².